The molecule has 0 spiro atoms. The Labute approximate surface area is 122 Å². The molecule has 1 heterocycles. The Balaban J connectivity index is 1.78. The molecule has 2 aromatic carbocycles. The number of aromatic nitrogens is 3. The summed E-state index contributed by atoms with van der Waals surface area (Å²) >= 11 is 1.70. The van der Waals surface area contributed by atoms with Gasteiger partial charge in [0.2, 0.25) is 0 Å². The zero-order chi connectivity index (χ0) is 13.8. The smallest absolute Gasteiger partial charge is 0.191 e. The topological polar surface area (TPSA) is 30.7 Å². The largest absolute Gasteiger partial charge is 0.305 e. The molecule has 0 saturated carbocycles. The monoisotopic (exact) mass is 281 g/mol. The third-order valence-electron chi connectivity index (χ3n) is 3.08. The molecular weight excluding hydrogens is 266 g/mol. The highest BCUT2D eigenvalue weighted by Gasteiger charge is 2.10. The van der Waals surface area contributed by atoms with E-state index in [-0.39, 0.29) is 0 Å². The minimum atomic E-state index is 0.904. The van der Waals surface area contributed by atoms with E-state index in [0.717, 1.165) is 22.3 Å². The van der Waals surface area contributed by atoms with E-state index in [1.54, 1.807) is 11.8 Å². The van der Waals surface area contributed by atoms with Gasteiger partial charge < -0.3 is 4.57 Å². The van der Waals surface area contributed by atoms with Crippen LogP contribution in [0, 0.1) is 0 Å². The quantitative estimate of drug-likeness (QED) is 0.682. The predicted molar refractivity (Wildman–Crippen MR) is 82.4 cm³/mol. The molecule has 0 radical (unpaired) electrons. The van der Waals surface area contributed by atoms with Crippen molar-refractivity contribution in [2.24, 2.45) is 7.05 Å². The van der Waals surface area contributed by atoms with E-state index in [2.05, 4.69) is 46.6 Å². The van der Waals surface area contributed by atoms with Gasteiger partial charge in [-0.2, -0.15) is 0 Å². The lowest BCUT2D eigenvalue weighted by molar-refractivity contribution is 0.794. The summed E-state index contributed by atoms with van der Waals surface area (Å²) < 4.78 is 2.04. The highest BCUT2D eigenvalue weighted by atomic mass is 32.2. The maximum atomic E-state index is 4.29. The van der Waals surface area contributed by atoms with Gasteiger partial charge >= 0.3 is 0 Å². The lowest BCUT2D eigenvalue weighted by atomic mass is 10.2. The minimum Gasteiger partial charge on any atom is -0.305 e. The van der Waals surface area contributed by atoms with Gasteiger partial charge in [-0.05, 0) is 5.56 Å². The average molecular weight is 281 g/mol. The fourth-order valence-corrected chi connectivity index (χ4v) is 2.87. The number of hydrogen-bond donors (Lipinski definition) is 0. The van der Waals surface area contributed by atoms with E-state index in [0.29, 0.717) is 0 Å². The molecule has 4 heteroatoms. The lowest BCUT2D eigenvalue weighted by Gasteiger charge is -2.04. The van der Waals surface area contributed by atoms with Crippen LogP contribution in [-0.2, 0) is 12.8 Å². The number of nitrogens with zero attached hydrogens (tertiary/aromatic N) is 3. The third-order valence-corrected chi connectivity index (χ3v) is 4.17. The first-order valence-corrected chi connectivity index (χ1v) is 7.44. The molecule has 0 saturated heterocycles. The van der Waals surface area contributed by atoms with Gasteiger partial charge in [0, 0.05) is 18.4 Å². The Hall–Kier alpha value is -2.07. The van der Waals surface area contributed by atoms with Crippen molar-refractivity contribution in [3.05, 3.63) is 66.2 Å². The van der Waals surface area contributed by atoms with Gasteiger partial charge in [0.15, 0.2) is 11.0 Å². The van der Waals surface area contributed by atoms with Gasteiger partial charge in [0.05, 0.1) is 0 Å². The molecule has 3 rings (SSSR count). The van der Waals surface area contributed by atoms with Gasteiger partial charge in [-0.3, -0.25) is 0 Å². The van der Waals surface area contributed by atoms with Crippen molar-refractivity contribution in [2.75, 3.05) is 0 Å². The summed E-state index contributed by atoms with van der Waals surface area (Å²) in [6.45, 7) is 0. The highest BCUT2D eigenvalue weighted by molar-refractivity contribution is 7.98. The normalized spacial score (nSPS) is 10.7. The summed E-state index contributed by atoms with van der Waals surface area (Å²) in [5, 5.41) is 9.51. The first-order chi connectivity index (χ1) is 9.84. The van der Waals surface area contributed by atoms with Gasteiger partial charge in [-0.15, -0.1) is 10.2 Å². The summed E-state index contributed by atoms with van der Waals surface area (Å²) in [5.74, 6) is 1.81. The molecule has 0 bridgehead atoms. The predicted octanol–water partition coefficient (Wildman–Crippen LogP) is 3.77. The van der Waals surface area contributed by atoms with Crippen LogP contribution in [-0.4, -0.2) is 14.8 Å². The Morgan fingerprint density at radius 2 is 1.55 bits per heavy atom. The SMILES string of the molecule is Cn1c(SCc2ccccc2)nnc1-c1ccccc1. The highest BCUT2D eigenvalue weighted by Crippen LogP contribution is 2.24. The molecule has 3 nitrogen and oxygen atoms in total. The van der Waals surface area contributed by atoms with Crippen LogP contribution < -0.4 is 0 Å². The van der Waals surface area contributed by atoms with Crippen LogP contribution in [0.25, 0.3) is 11.4 Å². The van der Waals surface area contributed by atoms with E-state index in [1.165, 1.54) is 5.56 Å². The van der Waals surface area contributed by atoms with Gasteiger partial charge in [-0.1, -0.05) is 72.4 Å². The van der Waals surface area contributed by atoms with Crippen LogP contribution in [0.15, 0.2) is 65.8 Å². The molecule has 3 aromatic rings. The molecule has 1 aromatic heterocycles. The Morgan fingerprint density at radius 1 is 0.900 bits per heavy atom. The van der Waals surface area contributed by atoms with Crippen molar-refractivity contribution >= 4 is 11.8 Å². The molecule has 0 aliphatic rings. The van der Waals surface area contributed by atoms with E-state index in [9.17, 15) is 0 Å². The van der Waals surface area contributed by atoms with Crippen molar-refractivity contribution in [1.82, 2.24) is 14.8 Å². The molecule has 20 heavy (non-hydrogen) atoms. The number of thioether (sulfide) groups is 1. The number of rotatable bonds is 4. The summed E-state index contributed by atoms with van der Waals surface area (Å²) in [7, 11) is 2.01. The third kappa shape index (κ3) is 2.75. The number of hydrogen-bond acceptors (Lipinski definition) is 3. The first kappa shape index (κ1) is 12.9. The van der Waals surface area contributed by atoms with Crippen molar-refractivity contribution in [1.29, 1.82) is 0 Å². The summed E-state index contributed by atoms with van der Waals surface area (Å²) in [4.78, 5) is 0. The molecule has 0 N–H and O–H groups in total. The van der Waals surface area contributed by atoms with E-state index < -0.39 is 0 Å². The molecule has 0 fully saturated rings. The molecule has 0 aliphatic heterocycles. The van der Waals surface area contributed by atoms with Crippen LogP contribution in [0.4, 0.5) is 0 Å². The van der Waals surface area contributed by atoms with Crippen molar-refractivity contribution in [3.8, 4) is 11.4 Å². The second-order valence-electron chi connectivity index (χ2n) is 4.51. The molecule has 0 aliphatic carbocycles. The second kappa shape index (κ2) is 5.92. The molecule has 0 amide bonds. The number of benzene rings is 2. The summed E-state index contributed by atoms with van der Waals surface area (Å²) in [6, 6.07) is 20.5. The molecule has 0 unspecified atom stereocenters. The molecule has 100 valence electrons. The van der Waals surface area contributed by atoms with Crippen molar-refractivity contribution < 1.29 is 0 Å². The fraction of sp³-hybridized carbons (Fsp3) is 0.125. The van der Waals surface area contributed by atoms with Crippen molar-refractivity contribution in [2.45, 2.75) is 10.9 Å². The summed E-state index contributed by atoms with van der Waals surface area (Å²) in [5.41, 5.74) is 2.39. The average Bonchev–Trinajstić information content (AvgIpc) is 2.88. The van der Waals surface area contributed by atoms with Gasteiger partial charge in [-0.25, -0.2) is 0 Å². The van der Waals surface area contributed by atoms with Gasteiger partial charge in [0.25, 0.3) is 0 Å². The Bertz CT molecular complexity index is 677. The van der Waals surface area contributed by atoms with E-state index in [4.69, 9.17) is 0 Å². The first-order valence-electron chi connectivity index (χ1n) is 6.46. The van der Waals surface area contributed by atoms with Crippen molar-refractivity contribution in [3.63, 3.8) is 0 Å². The van der Waals surface area contributed by atoms with Crippen LogP contribution in [0.2, 0.25) is 0 Å². The van der Waals surface area contributed by atoms with E-state index >= 15 is 0 Å². The summed E-state index contributed by atoms with van der Waals surface area (Å²) in [6.07, 6.45) is 0. The Kier molecular flexibility index (Phi) is 3.83. The van der Waals surface area contributed by atoms with Crippen LogP contribution in [0.1, 0.15) is 5.56 Å². The van der Waals surface area contributed by atoms with Crippen LogP contribution in [0.5, 0.6) is 0 Å². The maximum Gasteiger partial charge on any atom is 0.191 e. The second-order valence-corrected chi connectivity index (χ2v) is 5.45. The van der Waals surface area contributed by atoms with Gasteiger partial charge in [0.1, 0.15) is 0 Å². The maximum absolute atomic E-state index is 4.29. The fourth-order valence-electron chi connectivity index (χ4n) is 2.00. The van der Waals surface area contributed by atoms with Crippen LogP contribution in [0.3, 0.4) is 0 Å². The zero-order valence-electron chi connectivity index (χ0n) is 11.2. The zero-order valence-corrected chi connectivity index (χ0v) is 12.0. The molecular formula is C16H15N3S. The standard InChI is InChI=1S/C16H15N3S/c1-19-15(14-10-6-3-7-11-14)17-18-16(19)20-12-13-8-4-2-5-9-13/h2-11H,12H2,1H3. The Morgan fingerprint density at radius 3 is 2.25 bits per heavy atom. The lowest BCUT2D eigenvalue weighted by Crippen LogP contribution is -1.94. The minimum absolute atomic E-state index is 0.904. The van der Waals surface area contributed by atoms with E-state index in [1.807, 2.05) is 35.9 Å². The molecule has 0 atom stereocenters. The van der Waals surface area contributed by atoms with Crippen LogP contribution >= 0.6 is 11.8 Å².